The van der Waals surface area contributed by atoms with E-state index in [1.807, 2.05) is 18.5 Å². The predicted octanol–water partition coefficient (Wildman–Crippen LogP) is 4.76. The molecular formula is C21H32BrN3O. The quantitative estimate of drug-likeness (QED) is 0.718. The van der Waals surface area contributed by atoms with Crippen LogP contribution in [0.1, 0.15) is 69.7 Å². The first-order valence-electron chi connectivity index (χ1n) is 10.4. The summed E-state index contributed by atoms with van der Waals surface area (Å²) in [6.45, 7) is 6.95. The molecule has 1 aromatic heterocycles. The van der Waals surface area contributed by atoms with Gasteiger partial charge in [0.15, 0.2) is 0 Å². The lowest BCUT2D eigenvalue weighted by Gasteiger charge is -2.59. The van der Waals surface area contributed by atoms with Gasteiger partial charge in [0, 0.05) is 18.2 Å². The average Bonchev–Trinajstić information content (AvgIpc) is 2.83. The molecule has 1 aromatic rings. The molecule has 4 nitrogen and oxygen atoms in total. The molecule has 1 atom stereocenters. The molecule has 1 unspecified atom stereocenters. The zero-order chi connectivity index (χ0) is 18.5. The first kappa shape index (κ1) is 18.5. The largest absolute Gasteiger partial charge is 0.353 e. The normalized spacial score (nSPS) is 33.5. The fraction of sp³-hybridized carbons (Fsp3) is 0.810. The Hall–Kier alpha value is -0.840. The lowest BCUT2D eigenvalue weighted by molar-refractivity contribution is -0.126. The van der Waals surface area contributed by atoms with Crippen molar-refractivity contribution in [1.82, 2.24) is 15.1 Å². The number of carbonyl (C=O) groups excluding carboxylic acids is 1. The first-order chi connectivity index (χ1) is 12.4. The number of amides is 1. The fourth-order valence-electron chi connectivity index (χ4n) is 6.66. The molecule has 144 valence electrons. The van der Waals surface area contributed by atoms with Gasteiger partial charge < -0.3 is 5.32 Å². The molecule has 1 N–H and O–H groups in total. The molecule has 5 heteroatoms. The van der Waals surface area contributed by atoms with E-state index < -0.39 is 0 Å². The monoisotopic (exact) mass is 421 g/mol. The van der Waals surface area contributed by atoms with Gasteiger partial charge >= 0.3 is 0 Å². The molecule has 4 bridgehead atoms. The van der Waals surface area contributed by atoms with Crippen LogP contribution in [-0.2, 0) is 11.3 Å². The number of aryl methyl sites for hydroxylation is 2. The molecule has 4 aliphatic rings. The molecule has 4 aliphatic carbocycles. The molecule has 0 aliphatic heterocycles. The van der Waals surface area contributed by atoms with Crippen molar-refractivity contribution in [1.29, 1.82) is 0 Å². The molecule has 26 heavy (non-hydrogen) atoms. The highest BCUT2D eigenvalue weighted by molar-refractivity contribution is 9.10. The SMILES string of the molecule is CCC(NC(=O)CCn1nc(C)c(Br)c1C)C12CC3CC(CC(C3)C1)C2. The Morgan fingerprint density at radius 3 is 2.27 bits per heavy atom. The van der Waals surface area contributed by atoms with Gasteiger partial charge in [-0.05, 0) is 97.9 Å². The highest BCUT2D eigenvalue weighted by Crippen LogP contribution is 2.61. The van der Waals surface area contributed by atoms with E-state index in [1.165, 1.54) is 38.5 Å². The molecule has 1 amide bonds. The van der Waals surface area contributed by atoms with E-state index >= 15 is 0 Å². The van der Waals surface area contributed by atoms with Gasteiger partial charge in [-0.15, -0.1) is 0 Å². The Labute approximate surface area is 165 Å². The van der Waals surface area contributed by atoms with Crippen LogP contribution in [0.4, 0.5) is 0 Å². The number of aromatic nitrogens is 2. The molecule has 0 spiro atoms. The van der Waals surface area contributed by atoms with Crippen LogP contribution in [0.15, 0.2) is 4.47 Å². The summed E-state index contributed by atoms with van der Waals surface area (Å²) in [6.07, 6.45) is 9.98. The minimum atomic E-state index is 0.191. The van der Waals surface area contributed by atoms with Crippen molar-refractivity contribution < 1.29 is 4.79 Å². The van der Waals surface area contributed by atoms with Gasteiger partial charge in [0.05, 0.1) is 16.7 Å². The summed E-state index contributed by atoms with van der Waals surface area (Å²) in [4.78, 5) is 12.7. The van der Waals surface area contributed by atoms with Crippen molar-refractivity contribution in [2.45, 2.75) is 84.7 Å². The van der Waals surface area contributed by atoms with E-state index in [0.29, 0.717) is 24.4 Å². The van der Waals surface area contributed by atoms with Crippen LogP contribution >= 0.6 is 15.9 Å². The van der Waals surface area contributed by atoms with Gasteiger partial charge in [-0.3, -0.25) is 9.48 Å². The van der Waals surface area contributed by atoms with Gasteiger partial charge in [-0.1, -0.05) is 6.92 Å². The molecule has 1 heterocycles. The third kappa shape index (κ3) is 3.25. The Bertz CT molecular complexity index is 660. The van der Waals surface area contributed by atoms with Crippen LogP contribution in [0.3, 0.4) is 0 Å². The summed E-state index contributed by atoms with van der Waals surface area (Å²) in [5, 5.41) is 7.97. The highest BCUT2D eigenvalue weighted by Gasteiger charge is 2.53. The summed E-state index contributed by atoms with van der Waals surface area (Å²) >= 11 is 3.56. The molecule has 5 rings (SSSR count). The third-order valence-electron chi connectivity index (χ3n) is 7.41. The predicted molar refractivity (Wildman–Crippen MR) is 107 cm³/mol. The Morgan fingerprint density at radius 2 is 1.81 bits per heavy atom. The molecular weight excluding hydrogens is 390 g/mol. The maximum atomic E-state index is 12.7. The van der Waals surface area contributed by atoms with Crippen LogP contribution in [0.5, 0.6) is 0 Å². The van der Waals surface area contributed by atoms with Crippen LogP contribution in [-0.4, -0.2) is 21.7 Å². The zero-order valence-corrected chi connectivity index (χ0v) is 17.9. The van der Waals surface area contributed by atoms with Crippen molar-refractivity contribution in [2.75, 3.05) is 0 Å². The van der Waals surface area contributed by atoms with Gasteiger partial charge in [0.2, 0.25) is 5.91 Å². The number of hydrogen-bond donors (Lipinski definition) is 1. The van der Waals surface area contributed by atoms with Gasteiger partial charge in [-0.25, -0.2) is 0 Å². The fourth-order valence-corrected chi connectivity index (χ4v) is 6.94. The van der Waals surface area contributed by atoms with Crippen molar-refractivity contribution in [3.8, 4) is 0 Å². The van der Waals surface area contributed by atoms with E-state index in [1.54, 1.807) is 0 Å². The van der Waals surface area contributed by atoms with Crippen molar-refractivity contribution in [3.63, 3.8) is 0 Å². The molecule has 4 fully saturated rings. The van der Waals surface area contributed by atoms with E-state index in [0.717, 1.165) is 40.0 Å². The number of nitrogens with one attached hydrogen (secondary N) is 1. The molecule has 0 radical (unpaired) electrons. The minimum Gasteiger partial charge on any atom is -0.353 e. The van der Waals surface area contributed by atoms with Crippen LogP contribution in [0, 0.1) is 37.0 Å². The molecule has 0 saturated heterocycles. The van der Waals surface area contributed by atoms with Crippen molar-refractivity contribution in [3.05, 3.63) is 15.9 Å². The van der Waals surface area contributed by atoms with Crippen LogP contribution in [0.25, 0.3) is 0 Å². The minimum absolute atomic E-state index is 0.191. The Morgan fingerprint density at radius 1 is 1.23 bits per heavy atom. The Balaban J connectivity index is 1.39. The lowest BCUT2D eigenvalue weighted by atomic mass is 9.47. The van der Waals surface area contributed by atoms with E-state index in [9.17, 15) is 4.79 Å². The van der Waals surface area contributed by atoms with E-state index in [4.69, 9.17) is 0 Å². The van der Waals surface area contributed by atoms with E-state index in [-0.39, 0.29) is 5.91 Å². The Kier molecular flexibility index (Phi) is 4.96. The average molecular weight is 422 g/mol. The third-order valence-corrected chi connectivity index (χ3v) is 8.56. The van der Waals surface area contributed by atoms with Crippen molar-refractivity contribution >= 4 is 21.8 Å². The second kappa shape index (κ2) is 6.96. The lowest BCUT2D eigenvalue weighted by Crippen LogP contribution is -2.56. The van der Waals surface area contributed by atoms with Crippen LogP contribution < -0.4 is 5.32 Å². The summed E-state index contributed by atoms with van der Waals surface area (Å²) in [5.41, 5.74) is 2.48. The summed E-state index contributed by atoms with van der Waals surface area (Å²) in [5.74, 6) is 2.98. The number of halogens is 1. The number of rotatable bonds is 6. The maximum Gasteiger partial charge on any atom is 0.222 e. The van der Waals surface area contributed by atoms with Crippen LogP contribution in [0.2, 0.25) is 0 Å². The summed E-state index contributed by atoms with van der Waals surface area (Å²) in [7, 11) is 0. The van der Waals surface area contributed by atoms with Gasteiger partial charge in [0.1, 0.15) is 0 Å². The molecule has 4 saturated carbocycles. The smallest absolute Gasteiger partial charge is 0.222 e. The van der Waals surface area contributed by atoms with Gasteiger partial charge in [-0.2, -0.15) is 5.10 Å². The summed E-state index contributed by atoms with van der Waals surface area (Å²) in [6, 6.07) is 0.357. The summed E-state index contributed by atoms with van der Waals surface area (Å²) < 4.78 is 3.00. The van der Waals surface area contributed by atoms with E-state index in [2.05, 4.69) is 33.3 Å². The molecule has 0 aromatic carbocycles. The van der Waals surface area contributed by atoms with Crippen molar-refractivity contribution in [2.24, 2.45) is 23.2 Å². The number of nitrogens with zero attached hydrogens (tertiary/aromatic N) is 2. The number of carbonyl (C=O) groups is 1. The second-order valence-corrected chi connectivity index (χ2v) is 10.1. The maximum absolute atomic E-state index is 12.7. The topological polar surface area (TPSA) is 46.9 Å². The van der Waals surface area contributed by atoms with Gasteiger partial charge in [0.25, 0.3) is 0 Å². The zero-order valence-electron chi connectivity index (χ0n) is 16.4. The number of hydrogen-bond acceptors (Lipinski definition) is 2. The highest BCUT2D eigenvalue weighted by atomic mass is 79.9. The second-order valence-electron chi connectivity index (χ2n) is 9.27. The standard InChI is InChI=1S/C21H32BrN3O/c1-4-18(21-10-15-7-16(11-21)9-17(8-15)12-21)23-19(26)5-6-25-14(3)20(22)13(2)24-25/h15-18H,4-12H2,1-3H3,(H,23,26). The first-order valence-corrected chi connectivity index (χ1v) is 11.2.